The van der Waals surface area contributed by atoms with Gasteiger partial charge in [0, 0.05) is 13.1 Å². The second-order valence-electron chi connectivity index (χ2n) is 3.74. The largest absolute Gasteiger partial charge is 0.337 e. The van der Waals surface area contributed by atoms with E-state index in [-0.39, 0.29) is 10.9 Å². The van der Waals surface area contributed by atoms with Gasteiger partial charge in [0.2, 0.25) is 0 Å². The summed E-state index contributed by atoms with van der Waals surface area (Å²) in [5.41, 5.74) is -0.231. The molecular formula is C11H10ClF2NO. The van der Waals surface area contributed by atoms with E-state index in [0.29, 0.717) is 19.5 Å². The first-order chi connectivity index (χ1) is 7.59. The van der Waals surface area contributed by atoms with Gasteiger partial charge in [0.05, 0.1) is 10.9 Å². The summed E-state index contributed by atoms with van der Waals surface area (Å²) >= 11 is 5.85. The van der Waals surface area contributed by atoms with Gasteiger partial charge < -0.3 is 4.90 Å². The Kier molecular flexibility index (Phi) is 3.10. The molecule has 0 saturated carbocycles. The van der Waals surface area contributed by atoms with Crippen LogP contribution in [0.3, 0.4) is 0 Å². The second-order valence-corrected chi connectivity index (χ2v) is 4.36. The molecule has 1 aromatic rings. The molecule has 0 aromatic heterocycles. The zero-order chi connectivity index (χ0) is 11.7. The predicted octanol–water partition coefficient (Wildman–Crippen LogP) is 2.42. The first-order valence-electron chi connectivity index (χ1n) is 4.97. The third-order valence-corrected chi connectivity index (χ3v) is 2.96. The van der Waals surface area contributed by atoms with Crippen LogP contribution in [0.2, 0.25) is 0 Å². The van der Waals surface area contributed by atoms with Crippen molar-refractivity contribution >= 4 is 17.5 Å². The molecule has 1 unspecified atom stereocenters. The van der Waals surface area contributed by atoms with E-state index >= 15 is 0 Å². The van der Waals surface area contributed by atoms with Gasteiger partial charge in [-0.05, 0) is 18.6 Å². The number of nitrogens with zero attached hydrogens (tertiary/aromatic N) is 1. The molecule has 1 aliphatic heterocycles. The molecule has 0 radical (unpaired) electrons. The standard InChI is InChI=1S/C11H10ClF2NO/c12-7-4-5-15(6-7)11(16)8-2-1-3-9(13)10(8)14/h1-3,7H,4-6H2. The highest BCUT2D eigenvalue weighted by Crippen LogP contribution is 2.19. The van der Waals surface area contributed by atoms with Crippen LogP contribution in [0.1, 0.15) is 16.8 Å². The van der Waals surface area contributed by atoms with Gasteiger partial charge in [0.15, 0.2) is 11.6 Å². The Morgan fingerprint density at radius 2 is 2.19 bits per heavy atom. The maximum absolute atomic E-state index is 13.3. The molecule has 86 valence electrons. The lowest BCUT2D eigenvalue weighted by molar-refractivity contribution is 0.0787. The molecule has 0 aliphatic carbocycles. The maximum Gasteiger partial charge on any atom is 0.256 e. The van der Waals surface area contributed by atoms with Crippen molar-refractivity contribution in [2.24, 2.45) is 0 Å². The molecule has 2 rings (SSSR count). The lowest BCUT2D eigenvalue weighted by atomic mass is 10.2. The van der Waals surface area contributed by atoms with Gasteiger partial charge in [-0.15, -0.1) is 11.6 Å². The van der Waals surface area contributed by atoms with E-state index in [1.165, 1.54) is 17.0 Å². The van der Waals surface area contributed by atoms with Crippen LogP contribution in [0, 0.1) is 11.6 Å². The summed E-state index contributed by atoms with van der Waals surface area (Å²) in [5.74, 6) is -2.60. The lowest BCUT2D eigenvalue weighted by Crippen LogP contribution is -2.29. The minimum atomic E-state index is -1.09. The number of carbonyl (C=O) groups is 1. The van der Waals surface area contributed by atoms with Crippen LogP contribution in [-0.4, -0.2) is 29.3 Å². The summed E-state index contributed by atoms with van der Waals surface area (Å²) in [6, 6.07) is 3.59. The minimum Gasteiger partial charge on any atom is -0.337 e. The minimum absolute atomic E-state index is 0.0967. The van der Waals surface area contributed by atoms with Crippen LogP contribution in [-0.2, 0) is 0 Å². The van der Waals surface area contributed by atoms with Crippen LogP contribution >= 0.6 is 11.6 Å². The average Bonchev–Trinajstić information content (AvgIpc) is 2.68. The molecule has 16 heavy (non-hydrogen) atoms. The third-order valence-electron chi connectivity index (χ3n) is 2.60. The van der Waals surface area contributed by atoms with Crippen molar-refractivity contribution in [1.82, 2.24) is 4.90 Å². The van der Waals surface area contributed by atoms with E-state index in [4.69, 9.17) is 11.6 Å². The van der Waals surface area contributed by atoms with E-state index < -0.39 is 17.5 Å². The van der Waals surface area contributed by atoms with Crippen molar-refractivity contribution in [3.63, 3.8) is 0 Å². The normalized spacial score (nSPS) is 20.2. The highest BCUT2D eigenvalue weighted by atomic mass is 35.5. The third kappa shape index (κ3) is 2.02. The van der Waals surface area contributed by atoms with Gasteiger partial charge >= 0.3 is 0 Å². The fraction of sp³-hybridized carbons (Fsp3) is 0.364. The molecule has 0 N–H and O–H groups in total. The first-order valence-corrected chi connectivity index (χ1v) is 5.40. The number of alkyl halides is 1. The fourth-order valence-electron chi connectivity index (χ4n) is 1.74. The topological polar surface area (TPSA) is 20.3 Å². The Morgan fingerprint density at radius 3 is 2.81 bits per heavy atom. The quantitative estimate of drug-likeness (QED) is 0.696. The Morgan fingerprint density at radius 1 is 1.44 bits per heavy atom. The monoisotopic (exact) mass is 245 g/mol. The Bertz CT molecular complexity index is 424. The Balaban J connectivity index is 2.24. The molecule has 1 amide bonds. The number of halogens is 3. The van der Waals surface area contributed by atoms with E-state index in [1.54, 1.807) is 0 Å². The number of hydrogen-bond donors (Lipinski definition) is 0. The summed E-state index contributed by atoms with van der Waals surface area (Å²) < 4.78 is 26.3. The fourth-order valence-corrected chi connectivity index (χ4v) is 2.01. The van der Waals surface area contributed by atoms with Crippen LogP contribution < -0.4 is 0 Å². The van der Waals surface area contributed by atoms with Crippen LogP contribution in [0.5, 0.6) is 0 Å². The van der Waals surface area contributed by atoms with Crippen molar-refractivity contribution in [1.29, 1.82) is 0 Å². The first kappa shape index (κ1) is 11.3. The molecule has 0 spiro atoms. The molecule has 1 aromatic carbocycles. The number of benzene rings is 1. The average molecular weight is 246 g/mol. The van der Waals surface area contributed by atoms with Gasteiger partial charge in [0.25, 0.3) is 5.91 Å². The molecule has 1 saturated heterocycles. The molecule has 5 heteroatoms. The van der Waals surface area contributed by atoms with Gasteiger partial charge in [-0.25, -0.2) is 8.78 Å². The summed E-state index contributed by atoms with van der Waals surface area (Å²) in [7, 11) is 0. The summed E-state index contributed by atoms with van der Waals surface area (Å²) in [6.07, 6.45) is 0.685. The maximum atomic E-state index is 13.3. The Labute approximate surface area is 96.8 Å². The van der Waals surface area contributed by atoms with Gasteiger partial charge in [-0.1, -0.05) is 6.07 Å². The molecular weight excluding hydrogens is 236 g/mol. The summed E-state index contributed by atoms with van der Waals surface area (Å²) in [5, 5.41) is -0.0967. The SMILES string of the molecule is O=C(c1cccc(F)c1F)N1CCC(Cl)C1. The zero-order valence-electron chi connectivity index (χ0n) is 8.42. The van der Waals surface area contributed by atoms with Crippen molar-refractivity contribution in [2.45, 2.75) is 11.8 Å². The van der Waals surface area contributed by atoms with E-state index in [0.717, 1.165) is 6.07 Å². The molecule has 1 atom stereocenters. The summed E-state index contributed by atoms with van der Waals surface area (Å²) in [4.78, 5) is 13.3. The highest BCUT2D eigenvalue weighted by molar-refractivity contribution is 6.21. The van der Waals surface area contributed by atoms with Gasteiger partial charge in [-0.2, -0.15) is 0 Å². The van der Waals surface area contributed by atoms with E-state index in [2.05, 4.69) is 0 Å². The smallest absolute Gasteiger partial charge is 0.256 e. The van der Waals surface area contributed by atoms with Crippen molar-refractivity contribution in [3.05, 3.63) is 35.4 Å². The lowest BCUT2D eigenvalue weighted by Gasteiger charge is -2.15. The predicted molar refractivity (Wildman–Crippen MR) is 56.5 cm³/mol. The van der Waals surface area contributed by atoms with Crippen LogP contribution in [0.15, 0.2) is 18.2 Å². The number of rotatable bonds is 1. The number of hydrogen-bond acceptors (Lipinski definition) is 1. The van der Waals surface area contributed by atoms with E-state index in [9.17, 15) is 13.6 Å². The molecule has 1 heterocycles. The van der Waals surface area contributed by atoms with Crippen molar-refractivity contribution in [3.8, 4) is 0 Å². The van der Waals surface area contributed by atoms with Gasteiger partial charge in [-0.3, -0.25) is 4.79 Å². The second kappa shape index (κ2) is 4.37. The molecule has 0 bridgehead atoms. The van der Waals surface area contributed by atoms with E-state index in [1.807, 2.05) is 0 Å². The number of carbonyl (C=O) groups excluding carboxylic acids is 1. The Hall–Kier alpha value is -1.16. The highest BCUT2D eigenvalue weighted by Gasteiger charge is 2.27. The summed E-state index contributed by atoms with van der Waals surface area (Å²) in [6.45, 7) is 0.874. The van der Waals surface area contributed by atoms with Gasteiger partial charge in [0.1, 0.15) is 0 Å². The molecule has 1 fully saturated rings. The van der Waals surface area contributed by atoms with Crippen LogP contribution in [0.4, 0.5) is 8.78 Å². The number of amides is 1. The van der Waals surface area contributed by atoms with Crippen molar-refractivity contribution < 1.29 is 13.6 Å². The van der Waals surface area contributed by atoms with Crippen LogP contribution in [0.25, 0.3) is 0 Å². The van der Waals surface area contributed by atoms with Crippen molar-refractivity contribution in [2.75, 3.05) is 13.1 Å². The molecule has 1 aliphatic rings. The zero-order valence-corrected chi connectivity index (χ0v) is 9.18. The number of likely N-dealkylation sites (tertiary alicyclic amines) is 1. The molecule has 2 nitrogen and oxygen atoms in total.